The quantitative estimate of drug-likeness (QED) is 0.764. The summed E-state index contributed by atoms with van der Waals surface area (Å²) in [6.45, 7) is 4.65. The molecule has 0 aliphatic rings. The molecule has 0 spiro atoms. The van der Waals surface area contributed by atoms with Crippen LogP contribution in [-0.4, -0.2) is 16.4 Å². The highest BCUT2D eigenvalue weighted by Crippen LogP contribution is 2.14. The standard InChI is InChI=1S/C12H14N2O/c1-3-15-12-6-4-11(5-7-12)14-9-8-10(2)13-14/h4-9H,3H2,1-2H3. The van der Waals surface area contributed by atoms with Crippen LogP contribution in [0.2, 0.25) is 0 Å². The monoisotopic (exact) mass is 202 g/mol. The van der Waals surface area contributed by atoms with E-state index >= 15 is 0 Å². The lowest BCUT2D eigenvalue weighted by molar-refractivity contribution is 0.340. The molecule has 1 heterocycles. The predicted molar refractivity (Wildman–Crippen MR) is 59.5 cm³/mol. The fourth-order valence-electron chi connectivity index (χ4n) is 1.42. The van der Waals surface area contributed by atoms with Crippen LogP contribution in [0.5, 0.6) is 5.75 Å². The molecule has 0 saturated heterocycles. The summed E-state index contributed by atoms with van der Waals surface area (Å²) >= 11 is 0. The van der Waals surface area contributed by atoms with Crippen LogP contribution in [0.15, 0.2) is 36.5 Å². The zero-order valence-electron chi connectivity index (χ0n) is 8.97. The van der Waals surface area contributed by atoms with Gasteiger partial charge in [-0.2, -0.15) is 5.10 Å². The second-order valence-electron chi connectivity index (χ2n) is 3.33. The van der Waals surface area contributed by atoms with Gasteiger partial charge >= 0.3 is 0 Å². The molecule has 0 bridgehead atoms. The second-order valence-corrected chi connectivity index (χ2v) is 3.33. The fourth-order valence-corrected chi connectivity index (χ4v) is 1.42. The van der Waals surface area contributed by atoms with Crippen LogP contribution < -0.4 is 4.74 Å². The maximum atomic E-state index is 5.37. The number of rotatable bonds is 3. The molecule has 1 aromatic carbocycles. The first-order valence-corrected chi connectivity index (χ1v) is 5.05. The third-order valence-corrected chi connectivity index (χ3v) is 2.13. The zero-order chi connectivity index (χ0) is 10.7. The number of aryl methyl sites for hydroxylation is 1. The van der Waals surface area contributed by atoms with Crippen molar-refractivity contribution < 1.29 is 4.74 Å². The minimum absolute atomic E-state index is 0.695. The Morgan fingerprint density at radius 2 is 1.93 bits per heavy atom. The number of nitrogens with zero attached hydrogens (tertiary/aromatic N) is 2. The van der Waals surface area contributed by atoms with E-state index in [0.717, 1.165) is 17.1 Å². The summed E-state index contributed by atoms with van der Waals surface area (Å²) in [6, 6.07) is 9.89. The van der Waals surface area contributed by atoms with E-state index in [0.29, 0.717) is 6.61 Å². The number of aromatic nitrogens is 2. The van der Waals surface area contributed by atoms with Crippen LogP contribution in [0.3, 0.4) is 0 Å². The first-order chi connectivity index (χ1) is 7.29. The summed E-state index contributed by atoms with van der Waals surface area (Å²) in [7, 11) is 0. The Morgan fingerprint density at radius 3 is 2.47 bits per heavy atom. The molecule has 0 saturated carbocycles. The summed E-state index contributed by atoms with van der Waals surface area (Å²) in [6.07, 6.45) is 1.95. The molecule has 0 aliphatic carbocycles. The van der Waals surface area contributed by atoms with Crippen molar-refractivity contribution in [3.05, 3.63) is 42.2 Å². The Balaban J connectivity index is 2.23. The average molecular weight is 202 g/mol. The fraction of sp³-hybridized carbons (Fsp3) is 0.250. The topological polar surface area (TPSA) is 27.1 Å². The number of hydrogen-bond donors (Lipinski definition) is 0. The van der Waals surface area contributed by atoms with Crippen LogP contribution >= 0.6 is 0 Å². The molecule has 0 amide bonds. The molecule has 3 heteroatoms. The van der Waals surface area contributed by atoms with Gasteiger partial charge in [0.15, 0.2) is 0 Å². The molecule has 78 valence electrons. The lowest BCUT2D eigenvalue weighted by atomic mass is 10.3. The van der Waals surface area contributed by atoms with Gasteiger partial charge in [0.1, 0.15) is 5.75 Å². The molecule has 0 N–H and O–H groups in total. The molecule has 2 aromatic rings. The second kappa shape index (κ2) is 4.17. The highest BCUT2D eigenvalue weighted by molar-refractivity contribution is 5.36. The van der Waals surface area contributed by atoms with Crippen LogP contribution in [0, 0.1) is 6.92 Å². The summed E-state index contributed by atoms with van der Waals surface area (Å²) < 4.78 is 7.22. The first kappa shape index (κ1) is 9.77. The van der Waals surface area contributed by atoms with Crippen LogP contribution in [-0.2, 0) is 0 Å². The molecule has 3 nitrogen and oxygen atoms in total. The van der Waals surface area contributed by atoms with Gasteiger partial charge in [0, 0.05) is 6.20 Å². The molecule has 0 atom stereocenters. The maximum Gasteiger partial charge on any atom is 0.119 e. The van der Waals surface area contributed by atoms with E-state index in [1.165, 1.54) is 0 Å². The summed E-state index contributed by atoms with van der Waals surface area (Å²) in [5.41, 5.74) is 2.07. The summed E-state index contributed by atoms with van der Waals surface area (Å²) in [4.78, 5) is 0. The lowest BCUT2D eigenvalue weighted by Gasteiger charge is -2.04. The van der Waals surface area contributed by atoms with Gasteiger partial charge in [-0.15, -0.1) is 0 Å². The van der Waals surface area contributed by atoms with Gasteiger partial charge in [-0.05, 0) is 44.2 Å². The Hall–Kier alpha value is -1.77. The van der Waals surface area contributed by atoms with Crippen molar-refractivity contribution in [2.45, 2.75) is 13.8 Å². The van der Waals surface area contributed by atoms with E-state index in [4.69, 9.17) is 4.74 Å². The van der Waals surface area contributed by atoms with Gasteiger partial charge in [-0.1, -0.05) is 0 Å². The van der Waals surface area contributed by atoms with E-state index in [1.54, 1.807) is 0 Å². The summed E-state index contributed by atoms with van der Waals surface area (Å²) in [5, 5.41) is 4.33. The average Bonchev–Trinajstić information content (AvgIpc) is 2.67. The normalized spacial score (nSPS) is 10.3. The Bertz CT molecular complexity index is 431. The molecule has 0 radical (unpaired) electrons. The van der Waals surface area contributed by atoms with E-state index < -0.39 is 0 Å². The minimum atomic E-state index is 0.695. The predicted octanol–water partition coefficient (Wildman–Crippen LogP) is 2.58. The summed E-state index contributed by atoms with van der Waals surface area (Å²) in [5.74, 6) is 0.894. The number of benzene rings is 1. The third-order valence-electron chi connectivity index (χ3n) is 2.13. The van der Waals surface area contributed by atoms with E-state index in [2.05, 4.69) is 5.10 Å². The molecular weight excluding hydrogens is 188 g/mol. The van der Waals surface area contributed by atoms with Crippen LogP contribution in [0.4, 0.5) is 0 Å². The van der Waals surface area contributed by atoms with E-state index in [1.807, 2.05) is 55.1 Å². The van der Waals surface area contributed by atoms with E-state index in [9.17, 15) is 0 Å². The molecule has 1 aromatic heterocycles. The molecule has 0 aliphatic heterocycles. The highest BCUT2D eigenvalue weighted by Gasteiger charge is 1.98. The third kappa shape index (κ3) is 2.18. The molecular formula is C12H14N2O. The van der Waals surface area contributed by atoms with Gasteiger partial charge in [-0.3, -0.25) is 0 Å². The van der Waals surface area contributed by atoms with Crippen molar-refractivity contribution in [1.82, 2.24) is 9.78 Å². The zero-order valence-corrected chi connectivity index (χ0v) is 8.97. The number of ether oxygens (including phenoxy) is 1. The van der Waals surface area contributed by atoms with E-state index in [-0.39, 0.29) is 0 Å². The molecule has 0 unspecified atom stereocenters. The van der Waals surface area contributed by atoms with Gasteiger partial charge in [0.2, 0.25) is 0 Å². The highest BCUT2D eigenvalue weighted by atomic mass is 16.5. The van der Waals surface area contributed by atoms with Crippen LogP contribution in [0.1, 0.15) is 12.6 Å². The van der Waals surface area contributed by atoms with Crippen molar-refractivity contribution in [3.8, 4) is 11.4 Å². The molecule has 2 rings (SSSR count). The smallest absolute Gasteiger partial charge is 0.119 e. The van der Waals surface area contributed by atoms with Gasteiger partial charge in [0.05, 0.1) is 18.0 Å². The Kier molecular flexibility index (Phi) is 2.72. The maximum absolute atomic E-state index is 5.37. The lowest BCUT2D eigenvalue weighted by Crippen LogP contribution is -1.96. The van der Waals surface area contributed by atoms with Crippen molar-refractivity contribution in [3.63, 3.8) is 0 Å². The van der Waals surface area contributed by atoms with Crippen molar-refractivity contribution in [2.24, 2.45) is 0 Å². The molecule has 15 heavy (non-hydrogen) atoms. The first-order valence-electron chi connectivity index (χ1n) is 5.05. The van der Waals surface area contributed by atoms with Crippen molar-refractivity contribution in [1.29, 1.82) is 0 Å². The van der Waals surface area contributed by atoms with Gasteiger partial charge in [-0.25, -0.2) is 4.68 Å². The van der Waals surface area contributed by atoms with Crippen molar-refractivity contribution >= 4 is 0 Å². The number of hydrogen-bond acceptors (Lipinski definition) is 2. The SMILES string of the molecule is CCOc1ccc(-n2ccc(C)n2)cc1. The largest absolute Gasteiger partial charge is 0.494 e. The van der Waals surface area contributed by atoms with Crippen LogP contribution in [0.25, 0.3) is 5.69 Å². The Labute approximate surface area is 89.3 Å². The van der Waals surface area contributed by atoms with Gasteiger partial charge < -0.3 is 4.74 Å². The minimum Gasteiger partial charge on any atom is -0.494 e. The van der Waals surface area contributed by atoms with Crippen molar-refractivity contribution in [2.75, 3.05) is 6.61 Å². The van der Waals surface area contributed by atoms with Gasteiger partial charge in [0.25, 0.3) is 0 Å². The molecule has 0 fully saturated rings. The Morgan fingerprint density at radius 1 is 1.20 bits per heavy atom.